The summed E-state index contributed by atoms with van der Waals surface area (Å²) in [6.07, 6.45) is 0. The van der Waals surface area contributed by atoms with Gasteiger partial charge in [0, 0.05) is 49.4 Å². The van der Waals surface area contributed by atoms with Crippen molar-refractivity contribution in [2.45, 2.75) is 43.9 Å². The molecule has 10 aromatic rings. The maximum atomic E-state index is 7.03. The molecular weight excluding hydrogens is 788 g/mol. The zero-order valence-electron chi connectivity index (χ0n) is 35.3. The molecule has 0 fully saturated rings. The Kier molecular flexibility index (Phi) is 6.67. The number of hydrogen-bond acceptors (Lipinski definition) is 3. The van der Waals surface area contributed by atoms with Crippen LogP contribution in [0.5, 0.6) is 0 Å². The Labute approximate surface area is 370 Å². The summed E-state index contributed by atoms with van der Waals surface area (Å²) in [7, 11) is 0. The summed E-state index contributed by atoms with van der Waals surface area (Å²) in [4.78, 5) is 15.2. The normalized spacial score (nSPS) is 15.8. The lowest BCUT2D eigenvalue weighted by atomic mass is 9.55. The van der Waals surface area contributed by atoms with Crippen molar-refractivity contribution in [3.05, 3.63) is 214 Å². The van der Waals surface area contributed by atoms with E-state index in [1.807, 2.05) is 0 Å². The first-order valence-corrected chi connectivity index (χ1v) is 22.3. The molecule has 63 heavy (non-hydrogen) atoms. The average molecular weight is 827 g/mol. The van der Waals surface area contributed by atoms with Crippen molar-refractivity contribution in [2.24, 2.45) is 0 Å². The van der Waals surface area contributed by atoms with Gasteiger partial charge in [-0.3, -0.25) is 0 Å². The molecular formula is C58H39ClN4. The molecule has 5 heteroatoms. The zero-order chi connectivity index (χ0) is 42.1. The molecule has 3 aliphatic carbocycles. The minimum Gasteiger partial charge on any atom is -0.308 e. The van der Waals surface area contributed by atoms with E-state index >= 15 is 0 Å². The van der Waals surface area contributed by atoms with E-state index in [0.717, 1.165) is 27.9 Å². The van der Waals surface area contributed by atoms with Gasteiger partial charge in [0.1, 0.15) is 0 Å². The van der Waals surface area contributed by atoms with Gasteiger partial charge in [-0.1, -0.05) is 173 Å². The Hall–Kier alpha value is -7.14. The van der Waals surface area contributed by atoms with Crippen molar-refractivity contribution < 1.29 is 0 Å². The molecule has 1 spiro atoms. The Morgan fingerprint density at radius 2 is 0.984 bits per heavy atom. The fourth-order valence-electron chi connectivity index (χ4n) is 12.6. The van der Waals surface area contributed by atoms with Gasteiger partial charge in [-0.05, 0) is 91.0 Å². The van der Waals surface area contributed by atoms with E-state index in [1.165, 1.54) is 88.6 Å². The summed E-state index contributed by atoms with van der Waals surface area (Å²) < 4.78 is 2.52. The van der Waals surface area contributed by atoms with Crippen LogP contribution in [-0.2, 0) is 16.2 Å². The third-order valence-electron chi connectivity index (χ3n) is 15.2. The van der Waals surface area contributed by atoms with Gasteiger partial charge in [-0.15, -0.1) is 0 Å². The van der Waals surface area contributed by atoms with Crippen LogP contribution < -0.4 is 0 Å². The first kappa shape index (κ1) is 35.5. The van der Waals surface area contributed by atoms with E-state index in [4.69, 9.17) is 26.6 Å². The Morgan fingerprint density at radius 3 is 1.76 bits per heavy atom. The lowest BCUT2D eigenvalue weighted by Crippen LogP contribution is -2.40. The van der Waals surface area contributed by atoms with Gasteiger partial charge >= 0.3 is 0 Å². The van der Waals surface area contributed by atoms with Gasteiger partial charge in [0.2, 0.25) is 5.28 Å². The summed E-state index contributed by atoms with van der Waals surface area (Å²) in [6.45, 7) is 9.36. The first-order valence-electron chi connectivity index (χ1n) is 21.9. The summed E-state index contributed by atoms with van der Waals surface area (Å²) in [5.74, 6) is 1.11. The third kappa shape index (κ3) is 4.21. The number of hydrogen-bond donors (Lipinski definition) is 0. The smallest absolute Gasteiger partial charge is 0.226 e. The van der Waals surface area contributed by atoms with Gasteiger partial charge in [0.25, 0.3) is 0 Å². The van der Waals surface area contributed by atoms with Gasteiger partial charge in [0.05, 0.1) is 22.1 Å². The second kappa shape index (κ2) is 11.9. The van der Waals surface area contributed by atoms with Gasteiger partial charge < -0.3 is 4.57 Å². The second-order valence-electron chi connectivity index (χ2n) is 18.8. The maximum absolute atomic E-state index is 7.03. The summed E-state index contributed by atoms with van der Waals surface area (Å²) in [6, 6.07) is 60.8. The van der Waals surface area contributed by atoms with E-state index in [-0.39, 0.29) is 16.1 Å². The monoisotopic (exact) mass is 826 g/mol. The molecule has 0 radical (unpaired) electrons. The molecule has 0 amide bonds. The highest BCUT2D eigenvalue weighted by atomic mass is 35.5. The average Bonchev–Trinajstić information content (AvgIpc) is 3.85. The van der Waals surface area contributed by atoms with Crippen molar-refractivity contribution in [3.63, 3.8) is 0 Å². The van der Waals surface area contributed by atoms with Gasteiger partial charge in [-0.2, -0.15) is 9.97 Å². The molecule has 0 saturated carbocycles. The highest BCUT2D eigenvalue weighted by Gasteiger charge is 2.55. The molecule has 0 unspecified atom stereocenters. The molecule has 3 heterocycles. The summed E-state index contributed by atoms with van der Waals surface area (Å²) in [5.41, 5.74) is 22.2. The zero-order valence-corrected chi connectivity index (χ0v) is 36.0. The standard InChI is InChI=1S/C58H39ClN4/c1-56(2)39-18-8-5-15-33(39)34-26-25-32(31-46(34)56)53-60-54(62-55(59)61-53)38-28-30-44-50-49(38)37-17-7-14-24-48(37)63-47-23-13-6-16-35(47)36-27-29-45(51(50)52(36)63)58(44)42-21-11-9-19-40(42)57(3,4)41-20-10-12-22-43(41)58/h5-31H,1-4H3. The van der Waals surface area contributed by atoms with Crippen molar-refractivity contribution in [1.29, 1.82) is 0 Å². The molecule has 0 N–H and O–H groups in total. The van der Waals surface area contributed by atoms with Crippen molar-refractivity contribution in [2.75, 3.05) is 0 Å². The third-order valence-corrected chi connectivity index (χ3v) is 15.4. The molecule has 4 nitrogen and oxygen atoms in total. The van der Waals surface area contributed by atoms with Crippen LogP contribution in [0.25, 0.3) is 83.6 Å². The van der Waals surface area contributed by atoms with E-state index in [0.29, 0.717) is 11.6 Å². The predicted octanol–water partition coefficient (Wildman–Crippen LogP) is 14.2. The molecule has 0 bridgehead atoms. The van der Waals surface area contributed by atoms with Crippen LogP contribution in [0.3, 0.4) is 0 Å². The number of rotatable bonds is 2. The minimum atomic E-state index is -0.584. The van der Waals surface area contributed by atoms with Crippen molar-refractivity contribution in [3.8, 4) is 61.8 Å². The first-order chi connectivity index (χ1) is 30.7. The number of aromatic nitrogens is 4. The molecule has 0 atom stereocenters. The lowest BCUT2D eigenvalue weighted by molar-refractivity contribution is 0.563. The van der Waals surface area contributed by atoms with E-state index in [1.54, 1.807) is 0 Å². The molecule has 1 aliphatic heterocycles. The van der Waals surface area contributed by atoms with Crippen molar-refractivity contribution in [1.82, 2.24) is 19.5 Å². The largest absolute Gasteiger partial charge is 0.308 e. The molecule has 14 rings (SSSR count). The van der Waals surface area contributed by atoms with Crippen LogP contribution >= 0.6 is 11.6 Å². The van der Waals surface area contributed by atoms with Crippen LogP contribution in [0.1, 0.15) is 72.2 Å². The predicted molar refractivity (Wildman–Crippen MR) is 256 cm³/mol. The number of halogens is 1. The van der Waals surface area contributed by atoms with Gasteiger partial charge in [0.15, 0.2) is 11.6 Å². The van der Waals surface area contributed by atoms with E-state index < -0.39 is 5.41 Å². The Morgan fingerprint density at radius 1 is 0.413 bits per heavy atom. The van der Waals surface area contributed by atoms with Crippen molar-refractivity contribution >= 4 is 33.4 Å². The Bertz CT molecular complexity index is 3670. The minimum absolute atomic E-state index is 0.168. The Balaban J connectivity index is 1.11. The SMILES string of the molecule is CC1(C)c2ccccc2-c2ccc(-c3nc(Cl)nc(-c4ccc5c6c4-c4ccccc4-n4c7ccccc7c7ccc(c-6c74)C54c5ccccc5C(C)(C)c5ccccc54)n3)cc21. The van der Waals surface area contributed by atoms with E-state index in [9.17, 15) is 0 Å². The summed E-state index contributed by atoms with van der Waals surface area (Å²) in [5, 5.41) is 2.65. The highest BCUT2D eigenvalue weighted by Crippen LogP contribution is 2.66. The van der Waals surface area contributed by atoms with Crippen LogP contribution in [0.15, 0.2) is 164 Å². The number of benzene rings is 8. The van der Waals surface area contributed by atoms with Crippen LogP contribution in [-0.4, -0.2) is 19.5 Å². The molecule has 0 saturated heterocycles. The molecule has 2 aromatic heterocycles. The maximum Gasteiger partial charge on any atom is 0.226 e. The quantitative estimate of drug-likeness (QED) is 0.174. The van der Waals surface area contributed by atoms with E-state index in [2.05, 4.69) is 196 Å². The number of fused-ring (bicyclic) bond motifs is 15. The van der Waals surface area contributed by atoms with Crippen LogP contribution in [0.2, 0.25) is 5.28 Å². The molecule has 8 aromatic carbocycles. The summed E-state index contributed by atoms with van der Waals surface area (Å²) >= 11 is 7.03. The molecule has 4 aliphatic rings. The highest BCUT2D eigenvalue weighted by molar-refractivity contribution is 6.28. The van der Waals surface area contributed by atoms with Crippen LogP contribution in [0.4, 0.5) is 0 Å². The lowest BCUT2D eigenvalue weighted by Gasteiger charge is -2.46. The number of para-hydroxylation sites is 2. The fraction of sp³-hybridized carbons (Fsp3) is 0.121. The van der Waals surface area contributed by atoms with Gasteiger partial charge in [-0.25, -0.2) is 4.98 Å². The topological polar surface area (TPSA) is 43.6 Å². The fourth-order valence-corrected chi connectivity index (χ4v) is 12.7. The second-order valence-corrected chi connectivity index (χ2v) is 19.2. The molecule has 298 valence electrons. The number of nitrogens with zero attached hydrogens (tertiary/aromatic N) is 4. The van der Waals surface area contributed by atoms with Crippen LogP contribution in [0, 0.1) is 0 Å².